The molecular weight excluding hydrogens is 534 g/mol. The maximum Gasteiger partial charge on any atom is 0.319 e. The number of carbonyl (C=O) groups is 2. The van der Waals surface area contributed by atoms with Crippen molar-refractivity contribution >= 4 is 29.3 Å². The molecule has 1 heterocycles. The Labute approximate surface area is 236 Å². The number of aromatic nitrogens is 1. The second kappa shape index (κ2) is 11.6. The number of nitrogens with one attached hydrogen (secondary N) is 2. The zero-order valence-corrected chi connectivity index (χ0v) is 23.0. The summed E-state index contributed by atoms with van der Waals surface area (Å²) in [6.45, 7) is 2.70. The van der Waals surface area contributed by atoms with Crippen molar-refractivity contribution in [1.82, 2.24) is 9.88 Å². The lowest BCUT2D eigenvalue weighted by molar-refractivity contribution is -0.137. The molecule has 10 heteroatoms. The molecule has 2 aliphatic carbocycles. The van der Waals surface area contributed by atoms with Gasteiger partial charge in [0, 0.05) is 16.3 Å². The first-order valence-electron chi connectivity index (χ1n) is 13.4. The van der Waals surface area contributed by atoms with Gasteiger partial charge < -0.3 is 30.2 Å². The van der Waals surface area contributed by atoms with Crippen molar-refractivity contribution in [2.75, 3.05) is 11.9 Å². The van der Waals surface area contributed by atoms with E-state index >= 15 is 0 Å². The molecule has 1 aromatic heterocycles. The lowest BCUT2D eigenvalue weighted by Gasteiger charge is -2.21. The number of hydrogen-bond acceptors (Lipinski definition) is 5. The topological polar surface area (TPSA) is 130 Å². The van der Waals surface area contributed by atoms with Gasteiger partial charge in [0.2, 0.25) is 0 Å². The SMILES string of the molecule is Cc1cccc(Cl)c1Cn1c2c(c(O)c(NC(=O)N[C@@H](CC(=O)O)c3cccc(OCC4CC4)c3)c1=O)CCC2. The van der Waals surface area contributed by atoms with Crippen LogP contribution in [0, 0.1) is 12.8 Å². The molecule has 0 aliphatic heterocycles. The number of benzene rings is 2. The number of urea groups is 1. The lowest BCUT2D eigenvalue weighted by atomic mass is 10.0. The molecule has 2 aromatic carbocycles. The van der Waals surface area contributed by atoms with Gasteiger partial charge in [-0.2, -0.15) is 0 Å². The molecule has 2 aliphatic rings. The van der Waals surface area contributed by atoms with Crippen LogP contribution >= 0.6 is 11.6 Å². The van der Waals surface area contributed by atoms with E-state index in [4.69, 9.17) is 16.3 Å². The van der Waals surface area contributed by atoms with Gasteiger partial charge in [0.25, 0.3) is 5.56 Å². The van der Waals surface area contributed by atoms with Crippen LogP contribution in [0.25, 0.3) is 0 Å². The van der Waals surface area contributed by atoms with Crippen LogP contribution in [0.3, 0.4) is 0 Å². The Kier molecular flexibility index (Phi) is 8.02. The molecule has 2 amide bonds. The third-order valence-electron chi connectivity index (χ3n) is 7.53. The largest absolute Gasteiger partial charge is 0.505 e. The van der Waals surface area contributed by atoms with E-state index in [0.717, 1.165) is 36.1 Å². The van der Waals surface area contributed by atoms with E-state index in [1.165, 1.54) is 0 Å². The maximum absolute atomic E-state index is 13.6. The highest BCUT2D eigenvalue weighted by Crippen LogP contribution is 2.35. The van der Waals surface area contributed by atoms with Crippen LogP contribution < -0.4 is 20.9 Å². The Bertz CT molecular complexity index is 1490. The number of rotatable bonds is 10. The highest BCUT2D eigenvalue weighted by atomic mass is 35.5. The fourth-order valence-corrected chi connectivity index (χ4v) is 5.43. The monoisotopic (exact) mass is 565 g/mol. The van der Waals surface area contributed by atoms with Crippen molar-refractivity contribution in [2.45, 2.75) is 58.0 Å². The quantitative estimate of drug-likeness (QED) is 0.268. The number of pyridine rings is 1. The summed E-state index contributed by atoms with van der Waals surface area (Å²) in [4.78, 5) is 38.4. The van der Waals surface area contributed by atoms with Crippen LogP contribution in [0.5, 0.6) is 11.5 Å². The number of anilines is 1. The van der Waals surface area contributed by atoms with E-state index < -0.39 is 23.6 Å². The summed E-state index contributed by atoms with van der Waals surface area (Å²) in [5.74, 6) is -0.221. The smallest absolute Gasteiger partial charge is 0.319 e. The molecule has 4 N–H and O–H groups in total. The van der Waals surface area contributed by atoms with Crippen LogP contribution in [-0.2, 0) is 24.2 Å². The molecule has 1 saturated carbocycles. The normalized spacial score (nSPS) is 14.8. The van der Waals surface area contributed by atoms with Gasteiger partial charge in [-0.3, -0.25) is 9.59 Å². The Balaban J connectivity index is 1.41. The van der Waals surface area contributed by atoms with Crippen LogP contribution in [0.15, 0.2) is 47.3 Å². The predicted molar refractivity (Wildman–Crippen MR) is 151 cm³/mol. The molecule has 210 valence electrons. The fourth-order valence-electron chi connectivity index (χ4n) is 5.15. The Morgan fingerprint density at radius 1 is 1.18 bits per heavy atom. The molecule has 1 fully saturated rings. The molecular formula is C30H32ClN3O6. The molecule has 3 aromatic rings. The van der Waals surface area contributed by atoms with Gasteiger partial charge in [0.1, 0.15) is 11.5 Å². The minimum absolute atomic E-state index is 0.193. The molecule has 40 heavy (non-hydrogen) atoms. The number of nitrogens with zero attached hydrogens (tertiary/aromatic N) is 1. The maximum atomic E-state index is 13.6. The van der Waals surface area contributed by atoms with E-state index in [-0.39, 0.29) is 24.4 Å². The van der Waals surface area contributed by atoms with Crippen LogP contribution in [0.2, 0.25) is 5.02 Å². The number of aliphatic carboxylic acids is 1. The number of carbonyl (C=O) groups excluding carboxylic acids is 1. The van der Waals surface area contributed by atoms with Crippen LogP contribution in [-0.4, -0.2) is 33.4 Å². The highest BCUT2D eigenvalue weighted by Gasteiger charge is 2.28. The molecule has 1 atom stereocenters. The second-order valence-corrected chi connectivity index (χ2v) is 10.9. The van der Waals surface area contributed by atoms with Crippen molar-refractivity contribution in [3.63, 3.8) is 0 Å². The number of fused-ring (bicyclic) bond motifs is 1. The summed E-state index contributed by atoms with van der Waals surface area (Å²) >= 11 is 6.44. The first-order valence-corrected chi connectivity index (χ1v) is 13.8. The van der Waals surface area contributed by atoms with E-state index in [1.807, 2.05) is 19.1 Å². The van der Waals surface area contributed by atoms with Gasteiger partial charge in [0.05, 0.1) is 25.6 Å². The average molecular weight is 566 g/mol. The minimum Gasteiger partial charge on any atom is -0.505 e. The van der Waals surface area contributed by atoms with E-state index in [0.29, 0.717) is 47.3 Å². The Morgan fingerprint density at radius 3 is 2.67 bits per heavy atom. The number of ether oxygens (including phenoxy) is 1. The molecule has 0 spiro atoms. The first kappa shape index (κ1) is 27.6. The van der Waals surface area contributed by atoms with Crippen molar-refractivity contribution in [2.24, 2.45) is 5.92 Å². The molecule has 0 unspecified atom stereocenters. The average Bonchev–Trinajstić information content (AvgIpc) is 3.62. The third-order valence-corrected chi connectivity index (χ3v) is 7.89. The summed E-state index contributed by atoms with van der Waals surface area (Å²) in [7, 11) is 0. The second-order valence-electron chi connectivity index (χ2n) is 10.5. The number of aromatic hydroxyl groups is 1. The number of carboxylic acids is 1. The van der Waals surface area contributed by atoms with Crippen LogP contribution in [0.4, 0.5) is 10.5 Å². The number of hydrogen-bond donors (Lipinski definition) is 4. The van der Waals surface area contributed by atoms with E-state index in [1.54, 1.807) is 34.9 Å². The van der Waals surface area contributed by atoms with Gasteiger partial charge >= 0.3 is 12.0 Å². The van der Waals surface area contributed by atoms with Crippen molar-refractivity contribution in [3.8, 4) is 11.5 Å². The van der Waals surface area contributed by atoms with Gasteiger partial charge in [-0.1, -0.05) is 35.9 Å². The Morgan fingerprint density at radius 2 is 1.95 bits per heavy atom. The van der Waals surface area contributed by atoms with Gasteiger partial charge in [-0.15, -0.1) is 0 Å². The molecule has 0 saturated heterocycles. The standard InChI is InChI=1S/C30H32ClN3O6/c1-17-5-2-9-23(31)22(17)15-34-25-10-4-8-21(25)28(37)27(29(34)38)33-30(39)32-24(14-26(35)36)19-6-3-7-20(13-19)40-16-18-11-12-18/h2-3,5-7,9,13,18,24,37H,4,8,10-12,14-16H2,1H3,(H,35,36)(H2,32,33,39)/t24-/m0/s1. The molecule has 0 radical (unpaired) electrons. The summed E-state index contributed by atoms with van der Waals surface area (Å²) in [6, 6.07) is 10.8. The summed E-state index contributed by atoms with van der Waals surface area (Å²) < 4.78 is 7.37. The number of carboxylic acid groups (broad SMARTS) is 1. The Hall–Kier alpha value is -3.98. The number of aryl methyl sites for hydroxylation is 1. The third kappa shape index (κ3) is 6.09. The summed E-state index contributed by atoms with van der Waals surface area (Å²) in [5.41, 5.74) is 2.78. The minimum atomic E-state index is -1.10. The fraction of sp³-hybridized carbons (Fsp3) is 0.367. The molecule has 0 bridgehead atoms. The van der Waals surface area contributed by atoms with Gasteiger partial charge in [-0.05, 0) is 79.8 Å². The van der Waals surface area contributed by atoms with Crippen molar-refractivity contribution in [3.05, 3.63) is 85.8 Å². The number of amides is 2. The van der Waals surface area contributed by atoms with Gasteiger partial charge in [0.15, 0.2) is 5.69 Å². The summed E-state index contributed by atoms with van der Waals surface area (Å²) in [6.07, 6.45) is 3.84. The number of halogens is 1. The van der Waals surface area contributed by atoms with Crippen molar-refractivity contribution in [1.29, 1.82) is 0 Å². The summed E-state index contributed by atoms with van der Waals surface area (Å²) in [5, 5.41) is 26.2. The first-order chi connectivity index (χ1) is 19.2. The van der Waals surface area contributed by atoms with Crippen LogP contribution in [0.1, 0.15) is 59.7 Å². The zero-order valence-electron chi connectivity index (χ0n) is 22.2. The molecule has 5 rings (SSSR count). The highest BCUT2D eigenvalue weighted by molar-refractivity contribution is 6.31. The molecule has 9 nitrogen and oxygen atoms in total. The zero-order chi connectivity index (χ0) is 28.4. The van der Waals surface area contributed by atoms with Crippen molar-refractivity contribution < 1.29 is 24.5 Å². The predicted octanol–water partition coefficient (Wildman–Crippen LogP) is 5.18. The van der Waals surface area contributed by atoms with Gasteiger partial charge in [-0.25, -0.2) is 4.79 Å². The van der Waals surface area contributed by atoms with E-state index in [9.17, 15) is 24.6 Å². The van der Waals surface area contributed by atoms with E-state index in [2.05, 4.69) is 10.6 Å². The lowest BCUT2D eigenvalue weighted by Crippen LogP contribution is -2.37.